The van der Waals surface area contributed by atoms with E-state index in [2.05, 4.69) is 51.6 Å². The monoisotopic (exact) mass is 939 g/mol. The summed E-state index contributed by atoms with van der Waals surface area (Å²) < 4.78 is 77.1. The van der Waals surface area contributed by atoms with Crippen molar-refractivity contribution in [2.75, 3.05) is 47.4 Å². The van der Waals surface area contributed by atoms with Crippen molar-refractivity contribution in [3.63, 3.8) is 0 Å². The van der Waals surface area contributed by atoms with Gasteiger partial charge in [-0.05, 0) is 146 Å². The van der Waals surface area contributed by atoms with Crippen molar-refractivity contribution >= 4 is 49.3 Å². The van der Waals surface area contributed by atoms with Gasteiger partial charge in [0, 0.05) is 43.1 Å². The topological polar surface area (TPSA) is 189 Å². The highest BCUT2D eigenvalue weighted by molar-refractivity contribution is 7.89. The summed E-state index contributed by atoms with van der Waals surface area (Å²) >= 11 is 0. The number of esters is 2. The fraction of sp³-hybridized carbons (Fsp3) is 0.412. The van der Waals surface area contributed by atoms with Crippen LogP contribution in [0.5, 0.6) is 0 Å². The lowest BCUT2D eigenvalue weighted by molar-refractivity contribution is -0.147. The van der Waals surface area contributed by atoms with Gasteiger partial charge in [-0.15, -0.1) is 0 Å². The van der Waals surface area contributed by atoms with Crippen LogP contribution in [0.15, 0.2) is 94.7 Å². The maximum absolute atomic E-state index is 13.0. The van der Waals surface area contributed by atoms with Crippen LogP contribution in [-0.2, 0) is 67.8 Å². The van der Waals surface area contributed by atoms with Crippen LogP contribution in [0.1, 0.15) is 90.3 Å². The lowest BCUT2D eigenvalue weighted by Crippen LogP contribution is -2.38. The van der Waals surface area contributed by atoms with Crippen LogP contribution in [0.3, 0.4) is 0 Å². The molecule has 352 valence electrons. The molecule has 4 aromatic rings. The van der Waals surface area contributed by atoms with E-state index in [4.69, 9.17) is 24.7 Å². The number of carbonyl (C=O) groups excluding carboxylic acids is 2. The van der Waals surface area contributed by atoms with E-state index in [1.165, 1.54) is 43.1 Å². The molecular formula is C51H61N3O10S2. The third kappa shape index (κ3) is 13.6. The molecular weight excluding hydrogens is 879 g/mol. The Kier molecular flexibility index (Phi) is 17.8. The number of methoxy groups -OCH3 is 4. The molecule has 0 atom stereocenters. The maximum Gasteiger partial charge on any atom is 0.308 e. The minimum absolute atomic E-state index is 0.100. The van der Waals surface area contributed by atoms with Crippen molar-refractivity contribution in [2.24, 2.45) is 11.8 Å². The molecule has 7 rings (SSSR count). The van der Waals surface area contributed by atoms with Gasteiger partial charge in [-0.2, -0.15) is 0 Å². The standard InChI is InChI=1S/C26H31NO5S.C25H30N2O5S/c1-31-14-13-18-3-5-19(6-4-18)22-15-21-9-12-25(17-23(21)16-22)33(29,30)27-24-10-7-20(8-11-24)26(28)32-2;1-31-16-15-19-5-3-18(4-6-19)7-8-20-11-14-23(17-24(20)26)33(29,30)27-22-12-9-21(10-13-22)25(28)32-2/h3-6,9,12,15,17,20,24,27H,7-8,10-11,13-14,16H2,1-2H3;3-6,11,14,17,21-22,27H,9-10,12-13,15-16,26H2,1-2H3. The molecule has 2 fully saturated rings. The Balaban J connectivity index is 0.000000218. The van der Waals surface area contributed by atoms with Crippen LogP contribution in [0, 0.1) is 23.7 Å². The highest BCUT2D eigenvalue weighted by atomic mass is 32.2. The van der Waals surface area contributed by atoms with E-state index in [0.717, 1.165) is 35.1 Å². The van der Waals surface area contributed by atoms with Crippen molar-refractivity contribution in [1.82, 2.24) is 9.44 Å². The average Bonchev–Trinajstić information content (AvgIpc) is 3.77. The van der Waals surface area contributed by atoms with Gasteiger partial charge in [-0.25, -0.2) is 26.3 Å². The zero-order chi connectivity index (χ0) is 47.3. The number of allylic oxidation sites excluding steroid dienone is 1. The Morgan fingerprint density at radius 3 is 1.59 bits per heavy atom. The van der Waals surface area contributed by atoms with E-state index in [1.54, 1.807) is 32.4 Å². The normalized spacial score (nSPS) is 19.2. The lowest BCUT2D eigenvalue weighted by atomic mass is 9.86. The second-order valence-electron chi connectivity index (χ2n) is 17.0. The Hall–Kier alpha value is -5.34. The Morgan fingerprint density at radius 2 is 1.11 bits per heavy atom. The van der Waals surface area contributed by atoms with Crippen molar-refractivity contribution in [3.8, 4) is 11.8 Å². The Labute approximate surface area is 389 Å². The second-order valence-corrected chi connectivity index (χ2v) is 20.4. The smallest absolute Gasteiger partial charge is 0.308 e. The number of sulfonamides is 2. The molecule has 0 unspecified atom stereocenters. The number of rotatable bonds is 15. The third-order valence-electron chi connectivity index (χ3n) is 12.4. The molecule has 0 saturated heterocycles. The van der Waals surface area contributed by atoms with Crippen LogP contribution < -0.4 is 15.2 Å². The van der Waals surface area contributed by atoms with Crippen molar-refractivity contribution in [1.29, 1.82) is 0 Å². The molecule has 4 N–H and O–H groups in total. The predicted molar refractivity (Wildman–Crippen MR) is 255 cm³/mol. The number of ether oxygens (including phenoxy) is 4. The van der Waals surface area contributed by atoms with E-state index in [-0.39, 0.29) is 40.8 Å². The first-order valence-electron chi connectivity index (χ1n) is 22.3. The molecule has 2 saturated carbocycles. The van der Waals surface area contributed by atoms with E-state index in [1.807, 2.05) is 30.3 Å². The van der Waals surface area contributed by atoms with E-state index >= 15 is 0 Å². The first kappa shape index (κ1) is 50.1. The molecule has 0 bridgehead atoms. The molecule has 0 heterocycles. The van der Waals surface area contributed by atoms with Crippen LogP contribution in [0.2, 0.25) is 0 Å². The molecule has 3 aliphatic carbocycles. The van der Waals surface area contributed by atoms with Gasteiger partial charge in [0.2, 0.25) is 20.0 Å². The second kappa shape index (κ2) is 23.4. The quantitative estimate of drug-likeness (QED) is 0.0643. The summed E-state index contributed by atoms with van der Waals surface area (Å²) in [6.07, 6.45) is 9.49. The fourth-order valence-electron chi connectivity index (χ4n) is 8.52. The van der Waals surface area contributed by atoms with Gasteiger partial charge in [0.1, 0.15) is 0 Å². The number of fused-ring (bicyclic) bond motifs is 1. The van der Waals surface area contributed by atoms with Crippen molar-refractivity contribution in [3.05, 3.63) is 124 Å². The molecule has 3 aliphatic rings. The number of anilines is 1. The first-order valence-corrected chi connectivity index (χ1v) is 25.3. The summed E-state index contributed by atoms with van der Waals surface area (Å²) in [4.78, 5) is 23.8. The summed E-state index contributed by atoms with van der Waals surface area (Å²) in [6.45, 7) is 1.37. The number of benzene rings is 4. The van der Waals surface area contributed by atoms with Gasteiger partial charge < -0.3 is 24.7 Å². The van der Waals surface area contributed by atoms with Gasteiger partial charge in [-0.3, -0.25) is 9.59 Å². The zero-order valence-corrected chi connectivity index (χ0v) is 39.8. The van der Waals surface area contributed by atoms with Gasteiger partial charge in [0.05, 0.1) is 49.1 Å². The minimum Gasteiger partial charge on any atom is -0.469 e. The van der Waals surface area contributed by atoms with Crippen molar-refractivity contribution < 1.29 is 45.4 Å². The minimum atomic E-state index is -3.73. The summed E-state index contributed by atoms with van der Waals surface area (Å²) in [5.74, 6) is 5.35. The number of hydrogen-bond donors (Lipinski definition) is 3. The molecule has 0 spiro atoms. The number of nitrogens with two attached hydrogens (primary N) is 1. The fourth-order valence-corrected chi connectivity index (χ4v) is 11.2. The average molecular weight is 940 g/mol. The first-order chi connectivity index (χ1) is 31.7. The van der Waals surface area contributed by atoms with E-state index < -0.39 is 20.0 Å². The highest BCUT2D eigenvalue weighted by Gasteiger charge is 2.31. The number of nitrogens with one attached hydrogen (secondary N) is 2. The summed E-state index contributed by atoms with van der Waals surface area (Å²) in [7, 11) is -1.21. The largest absolute Gasteiger partial charge is 0.469 e. The number of carbonyl (C=O) groups is 2. The molecule has 0 aliphatic heterocycles. The van der Waals surface area contributed by atoms with Crippen LogP contribution in [0.4, 0.5) is 5.69 Å². The third-order valence-corrected chi connectivity index (χ3v) is 15.5. The van der Waals surface area contributed by atoms with Crippen molar-refractivity contribution in [2.45, 2.75) is 92.5 Å². The van der Waals surface area contributed by atoms with Crippen LogP contribution >= 0.6 is 0 Å². The van der Waals surface area contributed by atoms with Gasteiger partial charge in [0.15, 0.2) is 0 Å². The zero-order valence-electron chi connectivity index (χ0n) is 38.1. The number of nitrogen functional groups attached to an aromatic ring is 1. The van der Waals surface area contributed by atoms with Gasteiger partial charge >= 0.3 is 11.9 Å². The summed E-state index contributed by atoms with van der Waals surface area (Å²) in [5.41, 5.74) is 14.6. The van der Waals surface area contributed by atoms with Gasteiger partial charge in [-0.1, -0.05) is 60.4 Å². The maximum atomic E-state index is 13.0. The number of hydrogen-bond acceptors (Lipinski definition) is 11. The SMILES string of the molecule is COCCc1ccc(C#Cc2ccc(S(=O)(=O)NC3CCC(C(=O)OC)CC3)cc2N)cc1.COCCc1ccc(C2=Cc3ccc(S(=O)(=O)NC4CCC(C(=O)OC)CC4)cc3C2)cc1. The van der Waals surface area contributed by atoms with E-state index in [0.29, 0.717) is 87.1 Å². The summed E-state index contributed by atoms with van der Waals surface area (Å²) in [5, 5.41) is 0. The molecule has 0 amide bonds. The molecule has 4 aromatic carbocycles. The molecule has 0 aromatic heterocycles. The molecule has 15 heteroatoms. The van der Waals surface area contributed by atoms with Crippen LogP contribution in [0.25, 0.3) is 11.6 Å². The predicted octanol–water partition coefficient (Wildman–Crippen LogP) is 6.85. The van der Waals surface area contributed by atoms with E-state index in [9.17, 15) is 26.4 Å². The molecule has 66 heavy (non-hydrogen) atoms. The molecule has 0 radical (unpaired) electrons. The molecule has 13 nitrogen and oxygen atoms in total. The van der Waals surface area contributed by atoms with Gasteiger partial charge in [0.25, 0.3) is 0 Å². The van der Waals surface area contributed by atoms with Crippen LogP contribution in [-0.4, -0.2) is 82.5 Å². The highest BCUT2D eigenvalue weighted by Crippen LogP contribution is 2.34. The lowest BCUT2D eigenvalue weighted by Gasteiger charge is -2.27. The Bertz CT molecular complexity index is 2550. The summed E-state index contributed by atoms with van der Waals surface area (Å²) in [6, 6.07) is 25.9. The Morgan fingerprint density at radius 1 is 0.621 bits per heavy atom.